The quantitative estimate of drug-likeness (QED) is 0.754. The van der Waals surface area contributed by atoms with E-state index in [9.17, 15) is 4.79 Å². The molecule has 1 amide bonds. The number of aromatic nitrogens is 2. The minimum absolute atomic E-state index is 0.175. The number of ether oxygens (including phenoxy) is 1. The predicted molar refractivity (Wildman–Crippen MR) is 96.9 cm³/mol. The molecule has 0 bridgehead atoms. The topological polar surface area (TPSA) is 68.5 Å². The lowest BCUT2D eigenvalue weighted by Gasteiger charge is -2.26. The molecule has 7 heteroatoms. The summed E-state index contributed by atoms with van der Waals surface area (Å²) in [5.41, 5.74) is 1.11. The maximum Gasteiger partial charge on any atom is 0.223 e. The van der Waals surface area contributed by atoms with Crippen molar-refractivity contribution in [3.63, 3.8) is 0 Å². The van der Waals surface area contributed by atoms with Crippen LogP contribution < -0.4 is 4.74 Å². The Bertz CT molecular complexity index is 698. The minimum atomic E-state index is 0.175. The molecule has 25 heavy (non-hydrogen) atoms. The zero-order valence-corrected chi connectivity index (χ0v) is 15.3. The fraction of sp³-hybridized carbons (Fsp3) is 0.500. The Balaban J connectivity index is 1.48. The summed E-state index contributed by atoms with van der Waals surface area (Å²) >= 11 is 1.90. The third-order valence-corrected chi connectivity index (χ3v) is 5.17. The molecule has 1 saturated heterocycles. The van der Waals surface area contributed by atoms with Gasteiger partial charge in [0.1, 0.15) is 5.75 Å². The number of rotatable bonds is 7. The van der Waals surface area contributed by atoms with Crippen molar-refractivity contribution in [1.29, 1.82) is 0 Å². The van der Waals surface area contributed by atoms with Gasteiger partial charge in [-0.2, -0.15) is 11.8 Å². The number of hydrogen-bond donors (Lipinski definition) is 0. The van der Waals surface area contributed by atoms with Gasteiger partial charge in [0.15, 0.2) is 0 Å². The lowest BCUT2D eigenvalue weighted by atomic mass is 10.1. The zero-order valence-electron chi connectivity index (χ0n) is 14.4. The van der Waals surface area contributed by atoms with Gasteiger partial charge in [-0.25, -0.2) is 0 Å². The molecule has 2 heterocycles. The van der Waals surface area contributed by atoms with Crippen LogP contribution in [0.1, 0.15) is 23.8 Å². The number of aryl methyl sites for hydroxylation is 3. The summed E-state index contributed by atoms with van der Waals surface area (Å²) in [7, 11) is 1.67. The van der Waals surface area contributed by atoms with Crippen LogP contribution in [0.2, 0.25) is 0 Å². The van der Waals surface area contributed by atoms with E-state index in [0.717, 1.165) is 42.3 Å². The molecule has 6 nitrogen and oxygen atoms in total. The molecule has 1 aliphatic rings. The zero-order chi connectivity index (χ0) is 17.5. The van der Waals surface area contributed by atoms with Crippen LogP contribution in [0.25, 0.3) is 0 Å². The number of hydrogen-bond acceptors (Lipinski definition) is 6. The Morgan fingerprint density at radius 3 is 2.64 bits per heavy atom. The number of methoxy groups -OCH3 is 1. The molecule has 0 saturated carbocycles. The fourth-order valence-corrected chi connectivity index (χ4v) is 3.73. The third kappa shape index (κ3) is 4.98. The van der Waals surface area contributed by atoms with Gasteiger partial charge in [0, 0.05) is 43.9 Å². The normalized spacial score (nSPS) is 14.5. The van der Waals surface area contributed by atoms with Crippen molar-refractivity contribution in [2.45, 2.75) is 25.7 Å². The first kappa shape index (κ1) is 17.8. The molecule has 1 fully saturated rings. The van der Waals surface area contributed by atoms with Gasteiger partial charge in [-0.15, -0.1) is 10.2 Å². The second-order valence-corrected chi connectivity index (χ2v) is 7.12. The van der Waals surface area contributed by atoms with Crippen molar-refractivity contribution in [3.05, 3.63) is 41.6 Å². The van der Waals surface area contributed by atoms with Crippen molar-refractivity contribution in [2.75, 3.05) is 31.7 Å². The summed E-state index contributed by atoms with van der Waals surface area (Å²) in [5, 5.41) is 8.16. The highest BCUT2D eigenvalue weighted by atomic mass is 32.2. The molecule has 1 aromatic heterocycles. The molecule has 134 valence electrons. The van der Waals surface area contributed by atoms with Gasteiger partial charge in [0.05, 0.1) is 7.11 Å². The van der Waals surface area contributed by atoms with E-state index in [4.69, 9.17) is 9.15 Å². The van der Waals surface area contributed by atoms with Crippen molar-refractivity contribution >= 4 is 17.7 Å². The van der Waals surface area contributed by atoms with E-state index in [1.165, 1.54) is 0 Å². The second kappa shape index (κ2) is 8.89. The number of carbonyl (C=O) groups excluding carboxylic acids is 1. The summed E-state index contributed by atoms with van der Waals surface area (Å²) in [5.74, 6) is 4.23. The van der Waals surface area contributed by atoms with E-state index in [1.54, 1.807) is 7.11 Å². The van der Waals surface area contributed by atoms with Gasteiger partial charge in [0.25, 0.3) is 0 Å². The average Bonchev–Trinajstić information content (AvgIpc) is 3.13. The summed E-state index contributed by atoms with van der Waals surface area (Å²) in [4.78, 5) is 14.1. The first-order valence-electron chi connectivity index (χ1n) is 8.55. The number of benzene rings is 1. The SMILES string of the molecule is COc1ccccc1CCc1nnc(CCC(=O)N2CCSCC2)o1. The minimum Gasteiger partial charge on any atom is -0.496 e. The fourth-order valence-electron chi connectivity index (χ4n) is 2.83. The predicted octanol–water partition coefficient (Wildman–Crippen LogP) is 2.37. The van der Waals surface area contributed by atoms with Gasteiger partial charge >= 0.3 is 0 Å². The number of para-hydroxylation sites is 1. The van der Waals surface area contributed by atoms with Crippen molar-refractivity contribution < 1.29 is 13.9 Å². The highest BCUT2D eigenvalue weighted by Crippen LogP contribution is 2.19. The van der Waals surface area contributed by atoms with Gasteiger partial charge in [-0.05, 0) is 18.1 Å². The Morgan fingerprint density at radius 2 is 1.88 bits per heavy atom. The molecule has 0 radical (unpaired) electrons. The average molecular weight is 361 g/mol. The third-order valence-electron chi connectivity index (χ3n) is 4.23. The van der Waals surface area contributed by atoms with Crippen molar-refractivity contribution in [2.24, 2.45) is 0 Å². The van der Waals surface area contributed by atoms with E-state index in [1.807, 2.05) is 40.9 Å². The first-order valence-corrected chi connectivity index (χ1v) is 9.70. The van der Waals surface area contributed by atoms with Crippen LogP contribution in [0.3, 0.4) is 0 Å². The van der Waals surface area contributed by atoms with Crippen LogP contribution in [-0.2, 0) is 24.1 Å². The molecule has 0 unspecified atom stereocenters. The van der Waals surface area contributed by atoms with E-state index in [-0.39, 0.29) is 5.91 Å². The molecule has 2 aromatic rings. The van der Waals surface area contributed by atoms with Gasteiger partial charge in [-0.3, -0.25) is 4.79 Å². The summed E-state index contributed by atoms with van der Waals surface area (Å²) in [6, 6.07) is 7.91. The molecule has 1 aliphatic heterocycles. The monoisotopic (exact) mass is 361 g/mol. The maximum absolute atomic E-state index is 12.2. The molecule has 0 atom stereocenters. The van der Waals surface area contributed by atoms with Gasteiger partial charge < -0.3 is 14.1 Å². The van der Waals surface area contributed by atoms with Crippen LogP contribution in [0, 0.1) is 0 Å². The van der Waals surface area contributed by atoms with Crippen LogP contribution in [-0.4, -0.2) is 52.7 Å². The number of thioether (sulfide) groups is 1. The standard InChI is InChI=1S/C18H23N3O3S/c1-23-15-5-3-2-4-14(15)6-7-16-19-20-17(24-16)8-9-18(22)21-10-12-25-13-11-21/h2-5H,6-13H2,1H3. The van der Waals surface area contributed by atoms with E-state index in [2.05, 4.69) is 10.2 Å². The van der Waals surface area contributed by atoms with Crippen LogP contribution in [0.5, 0.6) is 5.75 Å². The Kier molecular flexibility index (Phi) is 6.33. The highest BCUT2D eigenvalue weighted by molar-refractivity contribution is 7.99. The molecule has 0 spiro atoms. The molecule has 3 rings (SSSR count). The Hall–Kier alpha value is -2.02. The van der Waals surface area contributed by atoms with Crippen LogP contribution in [0.15, 0.2) is 28.7 Å². The largest absolute Gasteiger partial charge is 0.496 e. The van der Waals surface area contributed by atoms with E-state index >= 15 is 0 Å². The molecule has 1 aromatic carbocycles. The number of carbonyl (C=O) groups is 1. The van der Waals surface area contributed by atoms with Gasteiger partial charge in [-0.1, -0.05) is 18.2 Å². The lowest BCUT2D eigenvalue weighted by Crippen LogP contribution is -2.37. The molecule has 0 N–H and O–H groups in total. The van der Waals surface area contributed by atoms with Crippen LogP contribution >= 0.6 is 11.8 Å². The highest BCUT2D eigenvalue weighted by Gasteiger charge is 2.17. The lowest BCUT2D eigenvalue weighted by molar-refractivity contribution is -0.130. The Morgan fingerprint density at radius 1 is 1.16 bits per heavy atom. The van der Waals surface area contributed by atoms with E-state index < -0.39 is 0 Å². The Labute approximate surface area is 151 Å². The smallest absolute Gasteiger partial charge is 0.223 e. The molecule has 0 aliphatic carbocycles. The number of nitrogens with zero attached hydrogens (tertiary/aromatic N) is 3. The number of amides is 1. The van der Waals surface area contributed by atoms with Crippen molar-refractivity contribution in [1.82, 2.24) is 15.1 Å². The van der Waals surface area contributed by atoms with Gasteiger partial charge in [0.2, 0.25) is 17.7 Å². The molecular weight excluding hydrogens is 338 g/mol. The summed E-state index contributed by atoms with van der Waals surface area (Å²) < 4.78 is 11.0. The summed E-state index contributed by atoms with van der Waals surface area (Å²) in [6.45, 7) is 1.69. The first-order chi connectivity index (χ1) is 12.3. The van der Waals surface area contributed by atoms with Crippen molar-refractivity contribution in [3.8, 4) is 5.75 Å². The van der Waals surface area contributed by atoms with Crippen LogP contribution in [0.4, 0.5) is 0 Å². The second-order valence-electron chi connectivity index (χ2n) is 5.89. The maximum atomic E-state index is 12.2. The van der Waals surface area contributed by atoms with E-state index in [0.29, 0.717) is 31.0 Å². The summed E-state index contributed by atoms with van der Waals surface area (Å²) in [6.07, 6.45) is 2.36. The molecular formula is C18H23N3O3S.